The molecule has 0 radical (unpaired) electrons. The fourth-order valence-electron chi connectivity index (χ4n) is 2.17. The molecule has 26 heavy (non-hydrogen) atoms. The lowest BCUT2D eigenvalue weighted by Gasteiger charge is -2.10. The van der Waals surface area contributed by atoms with E-state index in [2.05, 4.69) is 22.1 Å². The second kappa shape index (κ2) is 9.73. The van der Waals surface area contributed by atoms with Gasteiger partial charge in [0.25, 0.3) is 0 Å². The van der Waals surface area contributed by atoms with E-state index in [1.807, 2.05) is 4.57 Å². The number of carbonyl (C=O) groups excluding carboxylic acids is 2. The Bertz CT molecular complexity index is 791. The molecule has 0 aliphatic heterocycles. The van der Waals surface area contributed by atoms with Gasteiger partial charge in [-0.25, -0.2) is 4.79 Å². The third-order valence-electron chi connectivity index (χ3n) is 3.32. The monoisotopic (exact) mass is 376 g/mol. The van der Waals surface area contributed by atoms with Crippen molar-refractivity contribution in [2.75, 3.05) is 25.3 Å². The number of aromatic nitrogens is 3. The molecule has 138 valence electrons. The summed E-state index contributed by atoms with van der Waals surface area (Å²) in [5, 5.41) is 11.5. The van der Waals surface area contributed by atoms with Gasteiger partial charge in [-0.15, -0.1) is 16.8 Å². The van der Waals surface area contributed by atoms with E-state index in [4.69, 9.17) is 9.47 Å². The highest BCUT2D eigenvalue weighted by Crippen LogP contribution is 2.20. The number of nitrogens with one attached hydrogen (secondary N) is 1. The van der Waals surface area contributed by atoms with Gasteiger partial charge in [0.2, 0.25) is 5.91 Å². The van der Waals surface area contributed by atoms with Crippen molar-refractivity contribution in [1.82, 2.24) is 14.8 Å². The SMILES string of the molecule is C=CCn1c(COC)nnc1SCC(=O)Nc1ccccc1C(=O)OC. The summed E-state index contributed by atoms with van der Waals surface area (Å²) in [6.07, 6.45) is 1.72. The second-order valence-electron chi connectivity index (χ2n) is 5.11. The number of hydrogen-bond acceptors (Lipinski definition) is 7. The van der Waals surface area contributed by atoms with Gasteiger partial charge < -0.3 is 19.4 Å². The number of thioether (sulfide) groups is 1. The van der Waals surface area contributed by atoms with E-state index < -0.39 is 5.97 Å². The molecular weight excluding hydrogens is 356 g/mol. The molecule has 2 aromatic rings. The van der Waals surface area contributed by atoms with Crippen LogP contribution in [0.3, 0.4) is 0 Å². The summed E-state index contributed by atoms with van der Waals surface area (Å²) in [7, 11) is 2.87. The summed E-state index contributed by atoms with van der Waals surface area (Å²) in [5.74, 6) is -0.0137. The number of benzene rings is 1. The van der Waals surface area contributed by atoms with Crippen LogP contribution in [0.5, 0.6) is 0 Å². The van der Waals surface area contributed by atoms with Gasteiger partial charge in [-0.05, 0) is 12.1 Å². The van der Waals surface area contributed by atoms with E-state index in [-0.39, 0.29) is 11.7 Å². The van der Waals surface area contributed by atoms with Crippen LogP contribution < -0.4 is 5.32 Å². The van der Waals surface area contributed by atoms with Crippen molar-refractivity contribution >= 4 is 29.3 Å². The first kappa shape index (κ1) is 19.7. The van der Waals surface area contributed by atoms with Crippen LogP contribution in [0.4, 0.5) is 5.69 Å². The highest BCUT2D eigenvalue weighted by Gasteiger charge is 2.16. The number of nitrogens with zero attached hydrogens (tertiary/aromatic N) is 3. The summed E-state index contributed by atoms with van der Waals surface area (Å²) >= 11 is 1.24. The zero-order valence-electron chi connectivity index (χ0n) is 14.6. The molecule has 0 fully saturated rings. The summed E-state index contributed by atoms with van der Waals surface area (Å²) in [5.41, 5.74) is 0.697. The van der Waals surface area contributed by atoms with Crippen molar-refractivity contribution in [3.8, 4) is 0 Å². The molecule has 1 aromatic carbocycles. The number of hydrogen-bond donors (Lipinski definition) is 1. The fraction of sp³-hybridized carbons (Fsp3) is 0.294. The number of methoxy groups -OCH3 is 2. The lowest BCUT2D eigenvalue weighted by molar-refractivity contribution is -0.113. The van der Waals surface area contributed by atoms with E-state index >= 15 is 0 Å². The fourth-order valence-corrected chi connectivity index (χ4v) is 2.94. The van der Waals surface area contributed by atoms with Gasteiger partial charge in [-0.1, -0.05) is 30.0 Å². The quantitative estimate of drug-likeness (QED) is 0.407. The summed E-state index contributed by atoms with van der Waals surface area (Å²) < 4.78 is 11.6. The predicted octanol–water partition coefficient (Wildman–Crippen LogP) is 2.13. The first-order chi connectivity index (χ1) is 12.6. The highest BCUT2D eigenvalue weighted by atomic mass is 32.2. The van der Waals surface area contributed by atoms with E-state index in [1.165, 1.54) is 18.9 Å². The zero-order valence-corrected chi connectivity index (χ0v) is 15.4. The van der Waals surface area contributed by atoms with Crippen LogP contribution in [0.25, 0.3) is 0 Å². The Labute approximate surface area is 155 Å². The van der Waals surface area contributed by atoms with Gasteiger partial charge in [-0.3, -0.25) is 4.79 Å². The van der Waals surface area contributed by atoms with Gasteiger partial charge in [-0.2, -0.15) is 0 Å². The number of allylic oxidation sites excluding steroid dienone is 1. The maximum Gasteiger partial charge on any atom is 0.339 e. The molecule has 1 amide bonds. The van der Waals surface area contributed by atoms with Gasteiger partial charge >= 0.3 is 5.97 Å². The van der Waals surface area contributed by atoms with Gasteiger partial charge in [0.05, 0.1) is 24.1 Å². The van der Waals surface area contributed by atoms with E-state index in [0.29, 0.717) is 35.4 Å². The minimum Gasteiger partial charge on any atom is -0.465 e. The first-order valence-electron chi connectivity index (χ1n) is 7.72. The molecule has 0 saturated carbocycles. The number of para-hydroxylation sites is 1. The largest absolute Gasteiger partial charge is 0.465 e. The Balaban J connectivity index is 2.04. The minimum absolute atomic E-state index is 0.109. The third kappa shape index (κ3) is 4.93. The molecule has 8 nitrogen and oxygen atoms in total. The van der Waals surface area contributed by atoms with Crippen LogP contribution in [0.15, 0.2) is 42.1 Å². The molecule has 2 rings (SSSR count). The zero-order chi connectivity index (χ0) is 18.9. The standard InChI is InChI=1S/C17H20N4O4S/c1-4-9-21-14(10-24-2)19-20-17(21)26-11-15(22)18-13-8-6-5-7-12(13)16(23)25-3/h4-8H,1,9-11H2,2-3H3,(H,18,22). The first-order valence-corrected chi connectivity index (χ1v) is 8.71. The molecular formula is C17H20N4O4S. The van der Waals surface area contributed by atoms with Crippen molar-refractivity contribution in [2.45, 2.75) is 18.3 Å². The maximum atomic E-state index is 12.3. The number of rotatable bonds is 9. The van der Waals surface area contributed by atoms with Gasteiger partial charge in [0.1, 0.15) is 6.61 Å². The van der Waals surface area contributed by atoms with Crippen molar-refractivity contribution in [1.29, 1.82) is 0 Å². The lowest BCUT2D eigenvalue weighted by atomic mass is 10.2. The number of amides is 1. The summed E-state index contributed by atoms with van der Waals surface area (Å²) in [6.45, 7) is 4.55. The van der Waals surface area contributed by atoms with Crippen LogP contribution in [-0.2, 0) is 27.4 Å². The van der Waals surface area contributed by atoms with Crippen LogP contribution in [0.2, 0.25) is 0 Å². The Hall–Kier alpha value is -2.65. The summed E-state index contributed by atoms with van der Waals surface area (Å²) in [6, 6.07) is 6.66. The van der Waals surface area contributed by atoms with Gasteiger partial charge in [0.15, 0.2) is 11.0 Å². The van der Waals surface area contributed by atoms with E-state index in [9.17, 15) is 9.59 Å². The van der Waals surface area contributed by atoms with Crippen LogP contribution in [0.1, 0.15) is 16.2 Å². The molecule has 0 aliphatic carbocycles. The van der Waals surface area contributed by atoms with Gasteiger partial charge in [0, 0.05) is 13.7 Å². The Morgan fingerprint density at radius 3 is 2.77 bits per heavy atom. The number of anilines is 1. The van der Waals surface area contributed by atoms with Crippen LogP contribution in [0, 0.1) is 0 Å². The van der Waals surface area contributed by atoms with E-state index in [1.54, 1.807) is 37.5 Å². The van der Waals surface area contributed by atoms with Crippen molar-refractivity contribution in [3.63, 3.8) is 0 Å². The molecule has 0 saturated heterocycles. The molecule has 0 unspecified atom stereocenters. The molecule has 0 bridgehead atoms. The predicted molar refractivity (Wildman–Crippen MR) is 98.1 cm³/mol. The number of esters is 1. The molecule has 0 aliphatic rings. The van der Waals surface area contributed by atoms with Crippen molar-refractivity contribution in [2.24, 2.45) is 0 Å². The van der Waals surface area contributed by atoms with Crippen molar-refractivity contribution in [3.05, 3.63) is 48.3 Å². The number of carbonyl (C=O) groups is 2. The summed E-state index contributed by atoms with van der Waals surface area (Å²) in [4.78, 5) is 24.0. The molecule has 9 heteroatoms. The average Bonchev–Trinajstić information content (AvgIpc) is 3.02. The minimum atomic E-state index is -0.511. The molecule has 0 spiro atoms. The van der Waals surface area contributed by atoms with Crippen molar-refractivity contribution < 1.29 is 19.1 Å². The lowest BCUT2D eigenvalue weighted by Crippen LogP contribution is -2.17. The van der Waals surface area contributed by atoms with Crippen LogP contribution >= 0.6 is 11.8 Å². The maximum absolute atomic E-state index is 12.3. The normalized spacial score (nSPS) is 10.4. The topological polar surface area (TPSA) is 95.3 Å². The number of ether oxygens (including phenoxy) is 2. The molecule has 1 heterocycles. The van der Waals surface area contributed by atoms with E-state index in [0.717, 1.165) is 0 Å². The molecule has 1 N–H and O–H groups in total. The molecule has 0 atom stereocenters. The Morgan fingerprint density at radius 1 is 1.31 bits per heavy atom. The third-order valence-corrected chi connectivity index (χ3v) is 4.28. The Morgan fingerprint density at radius 2 is 2.08 bits per heavy atom. The Kier molecular flexibility index (Phi) is 7.37. The average molecular weight is 376 g/mol. The smallest absolute Gasteiger partial charge is 0.339 e. The molecule has 1 aromatic heterocycles. The second-order valence-corrected chi connectivity index (χ2v) is 6.05. The highest BCUT2D eigenvalue weighted by molar-refractivity contribution is 7.99. The van der Waals surface area contributed by atoms with Crippen LogP contribution in [-0.4, -0.2) is 46.6 Å².